The smallest absolute Gasteiger partial charge is 0.164 e. The number of para-hydroxylation sites is 2. The van der Waals surface area contributed by atoms with Crippen molar-refractivity contribution in [2.45, 2.75) is 39.0 Å². The van der Waals surface area contributed by atoms with E-state index in [4.69, 9.17) is 19.4 Å². The van der Waals surface area contributed by atoms with Gasteiger partial charge in [0.05, 0.1) is 5.69 Å². The molecule has 0 radical (unpaired) electrons. The SMILES string of the molecule is Cc1cc2c(cc1N(c1ccccc1)c1cccc3c1oc1cccc(-c4nc(-c5ccccc5)nc(-c5ccccc5)n4)c13)C(C)(C)C1=CCCC=C12. The van der Waals surface area contributed by atoms with E-state index in [1.54, 1.807) is 0 Å². The molecule has 0 atom stereocenters. The van der Waals surface area contributed by atoms with Crippen LogP contribution in [0.4, 0.5) is 17.1 Å². The lowest BCUT2D eigenvalue weighted by Crippen LogP contribution is -2.17. The number of anilines is 3. The third-order valence-corrected chi connectivity index (χ3v) is 11.1. The van der Waals surface area contributed by atoms with Crippen molar-refractivity contribution in [2.24, 2.45) is 0 Å². The summed E-state index contributed by atoms with van der Waals surface area (Å²) in [5.41, 5.74) is 14.2. The van der Waals surface area contributed by atoms with Crippen LogP contribution in [0.15, 0.2) is 162 Å². The van der Waals surface area contributed by atoms with Crippen LogP contribution in [0.2, 0.25) is 0 Å². The maximum Gasteiger partial charge on any atom is 0.164 e. The highest BCUT2D eigenvalue weighted by Gasteiger charge is 2.39. The molecule has 5 nitrogen and oxygen atoms in total. The van der Waals surface area contributed by atoms with Crippen molar-refractivity contribution in [1.82, 2.24) is 15.0 Å². The number of allylic oxidation sites excluding steroid dienone is 4. The van der Waals surface area contributed by atoms with E-state index >= 15 is 0 Å². The van der Waals surface area contributed by atoms with Gasteiger partial charge in [0.25, 0.3) is 0 Å². The van der Waals surface area contributed by atoms with Crippen LogP contribution >= 0.6 is 0 Å². The Bertz CT molecular complexity index is 2740. The van der Waals surface area contributed by atoms with Crippen molar-refractivity contribution >= 4 is 44.6 Å². The van der Waals surface area contributed by atoms with Gasteiger partial charge in [-0.25, -0.2) is 15.0 Å². The van der Waals surface area contributed by atoms with Crippen LogP contribution in [-0.4, -0.2) is 15.0 Å². The Morgan fingerprint density at radius 3 is 1.93 bits per heavy atom. The minimum absolute atomic E-state index is 0.0889. The number of benzene rings is 6. The molecule has 54 heavy (non-hydrogen) atoms. The summed E-state index contributed by atoms with van der Waals surface area (Å²) in [5.74, 6) is 1.85. The van der Waals surface area contributed by atoms with Crippen LogP contribution < -0.4 is 4.90 Å². The number of nitrogens with zero attached hydrogens (tertiary/aromatic N) is 4. The van der Waals surface area contributed by atoms with Crippen molar-refractivity contribution in [3.8, 4) is 34.2 Å². The molecule has 0 unspecified atom stereocenters. The molecular weight excluding hydrogens is 661 g/mol. The maximum atomic E-state index is 6.92. The van der Waals surface area contributed by atoms with Crippen LogP contribution in [0.5, 0.6) is 0 Å². The van der Waals surface area contributed by atoms with Gasteiger partial charge in [-0.3, -0.25) is 0 Å². The molecule has 2 aliphatic carbocycles. The second-order valence-electron chi connectivity index (χ2n) is 14.8. The molecule has 0 bridgehead atoms. The van der Waals surface area contributed by atoms with E-state index in [0.717, 1.165) is 68.5 Å². The van der Waals surface area contributed by atoms with E-state index in [1.165, 1.54) is 27.8 Å². The molecule has 8 aromatic rings. The second-order valence-corrected chi connectivity index (χ2v) is 14.8. The highest BCUT2D eigenvalue weighted by Crippen LogP contribution is 2.54. The van der Waals surface area contributed by atoms with E-state index in [2.05, 4.69) is 105 Å². The monoisotopic (exact) mass is 698 g/mol. The van der Waals surface area contributed by atoms with Crippen molar-refractivity contribution in [3.05, 3.63) is 174 Å². The molecule has 0 spiro atoms. The summed E-state index contributed by atoms with van der Waals surface area (Å²) >= 11 is 0. The predicted octanol–water partition coefficient (Wildman–Crippen LogP) is 12.9. The molecule has 260 valence electrons. The third kappa shape index (κ3) is 5.11. The first-order chi connectivity index (χ1) is 26.5. The molecular formula is C49H38N4O. The zero-order valence-electron chi connectivity index (χ0n) is 30.5. The third-order valence-electron chi connectivity index (χ3n) is 11.1. The van der Waals surface area contributed by atoms with Crippen molar-refractivity contribution in [1.29, 1.82) is 0 Å². The summed E-state index contributed by atoms with van der Waals surface area (Å²) in [6.45, 7) is 6.96. The van der Waals surface area contributed by atoms with Crippen LogP contribution in [-0.2, 0) is 5.41 Å². The number of rotatable bonds is 6. The fourth-order valence-corrected chi connectivity index (χ4v) is 8.45. The number of hydrogen-bond donors (Lipinski definition) is 0. The molecule has 2 heterocycles. The first kappa shape index (κ1) is 32.1. The molecule has 2 aromatic heterocycles. The number of fused-ring (bicyclic) bond motifs is 6. The first-order valence-corrected chi connectivity index (χ1v) is 18.7. The number of aryl methyl sites for hydroxylation is 1. The number of hydrogen-bond acceptors (Lipinski definition) is 5. The average Bonchev–Trinajstić information content (AvgIpc) is 3.71. The summed E-state index contributed by atoms with van der Waals surface area (Å²) in [5, 5.41) is 1.98. The van der Waals surface area contributed by atoms with Crippen LogP contribution in [0.3, 0.4) is 0 Å². The minimum Gasteiger partial charge on any atom is -0.454 e. The Morgan fingerprint density at radius 1 is 0.593 bits per heavy atom. The Kier molecular flexibility index (Phi) is 7.44. The highest BCUT2D eigenvalue weighted by atomic mass is 16.3. The molecule has 0 saturated heterocycles. The lowest BCUT2D eigenvalue weighted by molar-refractivity contribution is 0.654. The Morgan fingerprint density at radius 2 is 1.22 bits per heavy atom. The topological polar surface area (TPSA) is 55.1 Å². The van der Waals surface area contributed by atoms with E-state index in [9.17, 15) is 0 Å². The van der Waals surface area contributed by atoms with Gasteiger partial charge >= 0.3 is 0 Å². The van der Waals surface area contributed by atoms with E-state index in [0.29, 0.717) is 17.5 Å². The second kappa shape index (κ2) is 12.5. The van der Waals surface area contributed by atoms with E-state index in [1.807, 2.05) is 72.8 Å². The molecule has 10 rings (SSSR count). The lowest BCUT2D eigenvalue weighted by Gasteiger charge is -2.29. The Labute approximate surface area is 315 Å². The molecule has 5 heteroatoms. The average molecular weight is 699 g/mol. The Hall–Kier alpha value is -6.59. The van der Waals surface area contributed by atoms with Gasteiger partial charge in [0.15, 0.2) is 23.1 Å². The van der Waals surface area contributed by atoms with Crippen LogP contribution in [0.1, 0.15) is 43.4 Å². The molecule has 0 saturated carbocycles. The maximum absolute atomic E-state index is 6.92. The Balaban J connectivity index is 1.19. The quantitative estimate of drug-likeness (QED) is 0.173. The lowest BCUT2D eigenvalue weighted by atomic mass is 9.80. The van der Waals surface area contributed by atoms with Crippen molar-refractivity contribution < 1.29 is 4.42 Å². The summed E-state index contributed by atoms with van der Waals surface area (Å²) in [6, 6.07) is 48.3. The summed E-state index contributed by atoms with van der Waals surface area (Å²) in [6.07, 6.45) is 7.07. The normalized spacial score (nSPS) is 14.4. The first-order valence-electron chi connectivity index (χ1n) is 18.7. The van der Waals surface area contributed by atoms with Crippen LogP contribution in [0, 0.1) is 6.92 Å². The van der Waals surface area contributed by atoms with Crippen LogP contribution in [0.25, 0.3) is 61.7 Å². The number of aromatic nitrogens is 3. The molecule has 2 aliphatic rings. The molecule has 6 aromatic carbocycles. The van der Waals surface area contributed by atoms with E-state index < -0.39 is 0 Å². The fraction of sp³-hybridized carbons (Fsp3) is 0.122. The van der Waals surface area contributed by atoms with Gasteiger partial charge in [0.2, 0.25) is 0 Å². The zero-order valence-corrected chi connectivity index (χ0v) is 30.5. The molecule has 0 fully saturated rings. The van der Waals surface area contributed by atoms with Gasteiger partial charge in [0, 0.05) is 44.3 Å². The number of furan rings is 1. The fourth-order valence-electron chi connectivity index (χ4n) is 8.45. The largest absolute Gasteiger partial charge is 0.454 e. The highest BCUT2D eigenvalue weighted by molar-refractivity contribution is 6.15. The van der Waals surface area contributed by atoms with Gasteiger partial charge in [0.1, 0.15) is 5.58 Å². The van der Waals surface area contributed by atoms with Gasteiger partial charge < -0.3 is 9.32 Å². The molecule has 0 aliphatic heterocycles. The van der Waals surface area contributed by atoms with Gasteiger partial charge in [-0.1, -0.05) is 129 Å². The van der Waals surface area contributed by atoms with Gasteiger partial charge in [-0.2, -0.15) is 0 Å². The predicted molar refractivity (Wildman–Crippen MR) is 221 cm³/mol. The van der Waals surface area contributed by atoms with Crippen molar-refractivity contribution in [3.63, 3.8) is 0 Å². The van der Waals surface area contributed by atoms with Crippen molar-refractivity contribution in [2.75, 3.05) is 4.90 Å². The van der Waals surface area contributed by atoms with Gasteiger partial charge in [-0.05, 0) is 84.0 Å². The minimum atomic E-state index is -0.0889. The summed E-state index contributed by atoms with van der Waals surface area (Å²) < 4.78 is 6.92. The molecule has 0 amide bonds. The standard InChI is InChI=1S/C49H38N4O/c1-31-29-38-35-23-13-14-26-39(35)49(2,3)40(38)30-42(31)53(34-21-11-6-12-22-34)41-27-15-24-36-44-37(25-16-28-43(44)54-45(36)41)48-51-46(32-17-7-4-8-18-32)50-47(52-48)33-19-9-5-10-20-33/h4-12,15-30H,13-14H2,1-3H3. The summed E-state index contributed by atoms with van der Waals surface area (Å²) in [4.78, 5) is 17.5. The van der Waals surface area contributed by atoms with Gasteiger partial charge in [-0.15, -0.1) is 0 Å². The zero-order chi connectivity index (χ0) is 36.4. The molecule has 0 N–H and O–H groups in total. The summed E-state index contributed by atoms with van der Waals surface area (Å²) in [7, 11) is 0. The van der Waals surface area contributed by atoms with E-state index in [-0.39, 0.29) is 5.41 Å².